The Bertz CT molecular complexity index is 986. The zero-order valence-electron chi connectivity index (χ0n) is 16.0. The fraction of sp³-hybridized carbons (Fsp3) is 0.263. The van der Waals surface area contributed by atoms with Gasteiger partial charge in [0.1, 0.15) is 5.84 Å². The Morgan fingerprint density at radius 2 is 1.68 bits per heavy atom. The van der Waals surface area contributed by atoms with E-state index in [0.29, 0.717) is 23.0 Å². The lowest BCUT2D eigenvalue weighted by atomic mass is 10.1. The summed E-state index contributed by atoms with van der Waals surface area (Å²) in [4.78, 5) is 9.16. The standard InChI is InChI=1S/C19H24N6O2S/c1-13(2)20-18-22-17(15-11-7-8-12-16(15)25-28(3,26)27)23-19(24-18)21-14-9-5-4-6-10-14/h4-13,18,20,25H,1-3H3,(H2,21,22,23,24). The van der Waals surface area contributed by atoms with Crippen LogP contribution in [0, 0.1) is 0 Å². The molecular formula is C19H24N6O2S. The normalized spacial score (nSPS) is 16.8. The molecule has 0 bridgehead atoms. The summed E-state index contributed by atoms with van der Waals surface area (Å²) in [5.41, 5.74) is 1.95. The van der Waals surface area contributed by atoms with Crippen molar-refractivity contribution in [2.24, 2.45) is 9.98 Å². The first kappa shape index (κ1) is 19.8. The second-order valence-corrected chi connectivity index (χ2v) is 8.43. The number of hydrogen-bond acceptors (Lipinski definition) is 7. The molecule has 0 saturated heterocycles. The van der Waals surface area contributed by atoms with Crippen molar-refractivity contribution in [2.75, 3.05) is 16.3 Å². The van der Waals surface area contributed by atoms with E-state index < -0.39 is 16.3 Å². The zero-order valence-corrected chi connectivity index (χ0v) is 16.8. The van der Waals surface area contributed by atoms with Crippen LogP contribution in [0.4, 0.5) is 11.4 Å². The van der Waals surface area contributed by atoms with Crippen LogP contribution in [0.1, 0.15) is 19.4 Å². The predicted octanol–water partition coefficient (Wildman–Crippen LogP) is 2.16. The molecule has 148 valence electrons. The third kappa shape index (κ3) is 5.54. The SMILES string of the molecule is CC(C)NC1N=C(Nc2ccccc2)NC(c2ccccc2NS(C)(=O)=O)=N1. The van der Waals surface area contributed by atoms with Crippen molar-refractivity contribution in [2.45, 2.75) is 26.2 Å². The number of anilines is 2. The molecule has 8 nitrogen and oxygen atoms in total. The number of aliphatic imine (C=N–C) groups is 2. The maximum Gasteiger partial charge on any atom is 0.229 e. The molecule has 0 spiro atoms. The fourth-order valence-corrected chi connectivity index (χ4v) is 3.24. The Morgan fingerprint density at radius 3 is 2.36 bits per heavy atom. The largest absolute Gasteiger partial charge is 0.326 e. The molecule has 1 aliphatic rings. The van der Waals surface area contributed by atoms with E-state index in [9.17, 15) is 8.42 Å². The first-order valence-corrected chi connectivity index (χ1v) is 10.8. The summed E-state index contributed by atoms with van der Waals surface area (Å²) in [6.45, 7) is 4.02. The van der Waals surface area contributed by atoms with Gasteiger partial charge in [-0.05, 0) is 38.1 Å². The van der Waals surface area contributed by atoms with Gasteiger partial charge in [-0.2, -0.15) is 0 Å². The van der Waals surface area contributed by atoms with E-state index in [4.69, 9.17) is 0 Å². The summed E-state index contributed by atoms with van der Waals surface area (Å²) < 4.78 is 26.0. The number of sulfonamides is 1. The van der Waals surface area contributed by atoms with Crippen LogP contribution in [0.5, 0.6) is 0 Å². The number of guanidine groups is 1. The van der Waals surface area contributed by atoms with Gasteiger partial charge in [-0.1, -0.05) is 30.3 Å². The topological polar surface area (TPSA) is 107 Å². The quantitative estimate of drug-likeness (QED) is 0.594. The highest BCUT2D eigenvalue weighted by molar-refractivity contribution is 7.92. The van der Waals surface area contributed by atoms with Gasteiger partial charge in [0.2, 0.25) is 16.0 Å². The van der Waals surface area contributed by atoms with Crippen LogP contribution in [0.3, 0.4) is 0 Å². The summed E-state index contributed by atoms with van der Waals surface area (Å²) in [5.74, 6) is 1.03. The minimum Gasteiger partial charge on any atom is -0.326 e. The molecule has 0 radical (unpaired) electrons. The molecule has 4 N–H and O–H groups in total. The molecular weight excluding hydrogens is 376 g/mol. The van der Waals surface area contributed by atoms with E-state index in [1.165, 1.54) is 0 Å². The number of nitrogens with one attached hydrogen (secondary N) is 4. The number of amidine groups is 1. The molecule has 1 aliphatic heterocycles. The van der Waals surface area contributed by atoms with Crippen molar-refractivity contribution in [3.63, 3.8) is 0 Å². The predicted molar refractivity (Wildman–Crippen MR) is 114 cm³/mol. The summed E-state index contributed by atoms with van der Waals surface area (Å²) >= 11 is 0. The molecule has 1 heterocycles. The molecule has 3 rings (SSSR count). The summed E-state index contributed by atoms with van der Waals surface area (Å²) in [7, 11) is -3.43. The number of rotatable bonds is 6. The van der Waals surface area contributed by atoms with Crippen LogP contribution in [0.2, 0.25) is 0 Å². The maximum absolute atomic E-state index is 11.7. The van der Waals surface area contributed by atoms with Gasteiger partial charge in [0.15, 0.2) is 6.29 Å². The van der Waals surface area contributed by atoms with Gasteiger partial charge in [-0.25, -0.2) is 18.4 Å². The van der Waals surface area contributed by atoms with Crippen LogP contribution in [0.15, 0.2) is 64.6 Å². The Morgan fingerprint density at radius 1 is 1.00 bits per heavy atom. The van der Waals surface area contributed by atoms with Crippen molar-refractivity contribution in [3.8, 4) is 0 Å². The molecule has 0 fully saturated rings. The fourth-order valence-electron chi connectivity index (χ4n) is 2.66. The second-order valence-electron chi connectivity index (χ2n) is 6.69. The summed E-state index contributed by atoms with van der Waals surface area (Å²) in [6.07, 6.45) is 0.612. The van der Waals surface area contributed by atoms with Crippen LogP contribution in [0.25, 0.3) is 0 Å². The number of para-hydroxylation sites is 2. The lowest BCUT2D eigenvalue weighted by Crippen LogP contribution is -2.46. The van der Waals surface area contributed by atoms with Gasteiger partial charge in [0.05, 0.1) is 11.9 Å². The molecule has 0 aromatic heterocycles. The minimum atomic E-state index is -3.43. The Kier molecular flexibility index (Phi) is 5.96. The lowest BCUT2D eigenvalue weighted by molar-refractivity contribution is 0.485. The first-order valence-electron chi connectivity index (χ1n) is 8.88. The van der Waals surface area contributed by atoms with Crippen molar-refractivity contribution in [1.82, 2.24) is 10.6 Å². The molecule has 1 unspecified atom stereocenters. The third-order valence-electron chi connectivity index (χ3n) is 3.74. The van der Waals surface area contributed by atoms with E-state index >= 15 is 0 Å². The van der Waals surface area contributed by atoms with Gasteiger partial charge >= 0.3 is 0 Å². The molecule has 0 amide bonds. The van der Waals surface area contributed by atoms with Crippen molar-refractivity contribution < 1.29 is 8.42 Å². The van der Waals surface area contributed by atoms with Crippen molar-refractivity contribution in [1.29, 1.82) is 0 Å². The maximum atomic E-state index is 11.7. The highest BCUT2D eigenvalue weighted by Gasteiger charge is 2.21. The molecule has 2 aromatic carbocycles. The van der Waals surface area contributed by atoms with Crippen LogP contribution < -0.4 is 20.7 Å². The number of benzene rings is 2. The first-order chi connectivity index (χ1) is 13.3. The van der Waals surface area contributed by atoms with Gasteiger partial charge in [-0.15, -0.1) is 0 Å². The van der Waals surface area contributed by atoms with E-state index in [2.05, 4.69) is 30.7 Å². The van der Waals surface area contributed by atoms with E-state index in [-0.39, 0.29) is 6.04 Å². The number of hydrogen-bond donors (Lipinski definition) is 4. The Labute approximate surface area is 165 Å². The number of nitrogens with zero attached hydrogens (tertiary/aromatic N) is 2. The smallest absolute Gasteiger partial charge is 0.229 e. The average Bonchev–Trinajstić information content (AvgIpc) is 2.61. The monoisotopic (exact) mass is 400 g/mol. The molecule has 0 aliphatic carbocycles. The van der Waals surface area contributed by atoms with Gasteiger partial charge in [-0.3, -0.25) is 10.0 Å². The Hall–Kier alpha value is -2.91. The highest BCUT2D eigenvalue weighted by atomic mass is 32.2. The van der Waals surface area contributed by atoms with Gasteiger partial charge < -0.3 is 10.6 Å². The molecule has 9 heteroatoms. The zero-order chi connectivity index (χ0) is 20.1. The Balaban J connectivity index is 1.93. The molecule has 28 heavy (non-hydrogen) atoms. The minimum absolute atomic E-state index is 0.166. The van der Waals surface area contributed by atoms with Crippen LogP contribution >= 0.6 is 0 Å². The molecule has 0 saturated carbocycles. The molecule has 1 atom stereocenters. The molecule has 2 aromatic rings. The van der Waals surface area contributed by atoms with Gasteiger partial charge in [0, 0.05) is 17.3 Å². The van der Waals surface area contributed by atoms with Crippen LogP contribution in [-0.4, -0.2) is 38.8 Å². The van der Waals surface area contributed by atoms with Gasteiger partial charge in [0.25, 0.3) is 0 Å². The summed E-state index contributed by atoms with van der Waals surface area (Å²) in [5, 5.41) is 9.66. The van der Waals surface area contributed by atoms with E-state index in [1.54, 1.807) is 18.2 Å². The second kappa shape index (κ2) is 8.41. The summed E-state index contributed by atoms with van der Waals surface area (Å²) in [6, 6.07) is 16.9. The highest BCUT2D eigenvalue weighted by Crippen LogP contribution is 2.19. The van der Waals surface area contributed by atoms with Crippen LogP contribution in [-0.2, 0) is 10.0 Å². The average molecular weight is 401 g/mol. The van der Waals surface area contributed by atoms with E-state index in [0.717, 1.165) is 11.9 Å². The van der Waals surface area contributed by atoms with Crippen molar-refractivity contribution >= 4 is 33.2 Å². The van der Waals surface area contributed by atoms with E-state index in [1.807, 2.05) is 50.2 Å². The lowest BCUT2D eigenvalue weighted by Gasteiger charge is -2.25. The van der Waals surface area contributed by atoms with Crippen molar-refractivity contribution in [3.05, 3.63) is 60.2 Å². The third-order valence-corrected chi connectivity index (χ3v) is 4.33.